The van der Waals surface area contributed by atoms with Gasteiger partial charge in [0.05, 0.1) is 10.7 Å². The molecular weight excluding hydrogens is 304 g/mol. The first-order valence-electron chi connectivity index (χ1n) is 5.42. The zero-order chi connectivity index (χ0) is 13.3. The van der Waals surface area contributed by atoms with Crippen LogP contribution in [0.15, 0.2) is 33.4 Å². The van der Waals surface area contributed by atoms with Crippen molar-refractivity contribution in [2.45, 2.75) is 19.4 Å². The molecule has 0 aliphatic heterocycles. The normalized spacial score (nSPS) is 12.7. The van der Waals surface area contributed by atoms with Crippen LogP contribution in [0.5, 0.6) is 0 Å². The van der Waals surface area contributed by atoms with Gasteiger partial charge in [-0.05, 0) is 47.5 Å². The van der Waals surface area contributed by atoms with Gasteiger partial charge in [-0.2, -0.15) is 0 Å². The Morgan fingerprint density at radius 2 is 2.06 bits per heavy atom. The fraction of sp³-hybridized carbons (Fsp3) is 0.231. The molecule has 2 nitrogen and oxygen atoms in total. The smallest absolute Gasteiger partial charge is 0.143 e. The molecule has 0 radical (unpaired) electrons. The van der Waals surface area contributed by atoms with E-state index in [4.69, 9.17) is 10.2 Å². The van der Waals surface area contributed by atoms with E-state index in [0.29, 0.717) is 5.76 Å². The van der Waals surface area contributed by atoms with Gasteiger partial charge in [0.15, 0.2) is 0 Å². The minimum atomic E-state index is -0.605. The van der Waals surface area contributed by atoms with Gasteiger partial charge < -0.3 is 10.2 Å². The Morgan fingerprint density at radius 3 is 2.67 bits per heavy atom. The molecule has 2 aromatic rings. The summed E-state index contributed by atoms with van der Waals surface area (Å²) in [5.74, 6) is -0.530. The number of benzene rings is 1. The standard InChI is InChI=1S/C13H12BrF2NO/c1-7-8(4-5-18-7)12(17)6-9-11(15)3-2-10(14)13(9)16/h2-5,12H,6,17H2,1H3. The number of aryl methyl sites for hydroxylation is 1. The first kappa shape index (κ1) is 13.2. The molecule has 0 bridgehead atoms. The summed E-state index contributed by atoms with van der Waals surface area (Å²) in [4.78, 5) is 0. The molecule has 1 aromatic heterocycles. The molecule has 1 unspecified atom stereocenters. The van der Waals surface area contributed by atoms with Crippen molar-refractivity contribution in [2.75, 3.05) is 0 Å². The van der Waals surface area contributed by atoms with Gasteiger partial charge in [0.1, 0.15) is 17.4 Å². The molecule has 0 amide bonds. The van der Waals surface area contributed by atoms with E-state index in [-0.39, 0.29) is 16.5 Å². The van der Waals surface area contributed by atoms with E-state index in [1.807, 2.05) is 0 Å². The average molecular weight is 316 g/mol. The second-order valence-electron chi connectivity index (χ2n) is 4.06. The summed E-state index contributed by atoms with van der Waals surface area (Å²) >= 11 is 3.03. The van der Waals surface area contributed by atoms with Crippen molar-refractivity contribution in [3.8, 4) is 0 Å². The summed E-state index contributed by atoms with van der Waals surface area (Å²) in [6.45, 7) is 1.77. The molecule has 5 heteroatoms. The lowest BCUT2D eigenvalue weighted by atomic mass is 9.99. The van der Waals surface area contributed by atoms with Gasteiger partial charge in [-0.3, -0.25) is 0 Å². The van der Waals surface area contributed by atoms with Crippen LogP contribution in [-0.4, -0.2) is 0 Å². The third kappa shape index (κ3) is 2.47. The number of furan rings is 1. The lowest BCUT2D eigenvalue weighted by Gasteiger charge is -2.13. The van der Waals surface area contributed by atoms with Crippen LogP contribution in [0.25, 0.3) is 0 Å². The zero-order valence-corrected chi connectivity index (χ0v) is 11.3. The SMILES string of the molecule is Cc1occc1C(N)Cc1c(F)ccc(Br)c1F. The fourth-order valence-electron chi connectivity index (χ4n) is 1.87. The predicted molar refractivity (Wildman–Crippen MR) is 68.1 cm³/mol. The molecule has 2 rings (SSSR count). The topological polar surface area (TPSA) is 39.2 Å². The van der Waals surface area contributed by atoms with E-state index in [9.17, 15) is 8.78 Å². The number of halogens is 3. The molecule has 96 valence electrons. The predicted octanol–water partition coefficient (Wildman–Crippen LogP) is 3.87. The van der Waals surface area contributed by atoms with Crippen molar-refractivity contribution >= 4 is 15.9 Å². The van der Waals surface area contributed by atoms with Crippen molar-refractivity contribution in [1.82, 2.24) is 0 Å². The van der Waals surface area contributed by atoms with E-state index in [1.165, 1.54) is 18.4 Å². The number of nitrogens with two attached hydrogens (primary N) is 1. The molecule has 1 aromatic carbocycles. The minimum absolute atomic E-state index is 0.0162. The van der Waals surface area contributed by atoms with E-state index in [0.717, 1.165) is 5.56 Å². The lowest BCUT2D eigenvalue weighted by Crippen LogP contribution is -2.15. The molecule has 0 saturated carbocycles. The van der Waals surface area contributed by atoms with Crippen molar-refractivity contribution < 1.29 is 13.2 Å². The fourth-order valence-corrected chi connectivity index (χ4v) is 2.24. The molecule has 2 N–H and O–H groups in total. The number of hydrogen-bond donors (Lipinski definition) is 1. The van der Waals surface area contributed by atoms with Crippen molar-refractivity contribution in [3.05, 3.63) is 57.5 Å². The summed E-state index contributed by atoms with van der Waals surface area (Å²) in [6, 6.07) is 3.77. The molecule has 0 spiro atoms. The summed E-state index contributed by atoms with van der Waals surface area (Å²) < 4.78 is 32.8. The third-order valence-electron chi connectivity index (χ3n) is 2.86. The van der Waals surface area contributed by atoms with Gasteiger partial charge in [0.2, 0.25) is 0 Å². The first-order chi connectivity index (χ1) is 8.50. The summed E-state index contributed by atoms with van der Waals surface area (Å²) in [6.07, 6.45) is 1.59. The van der Waals surface area contributed by atoms with Gasteiger partial charge in [-0.25, -0.2) is 8.78 Å². The quantitative estimate of drug-likeness (QED) is 0.873. The van der Waals surface area contributed by atoms with E-state index < -0.39 is 17.7 Å². The van der Waals surface area contributed by atoms with Gasteiger partial charge in [0.25, 0.3) is 0 Å². The van der Waals surface area contributed by atoms with Crippen LogP contribution < -0.4 is 5.73 Å². The van der Waals surface area contributed by atoms with Gasteiger partial charge in [-0.1, -0.05) is 0 Å². The summed E-state index contributed by atoms with van der Waals surface area (Å²) in [5.41, 5.74) is 6.69. The van der Waals surface area contributed by atoms with Gasteiger partial charge in [-0.15, -0.1) is 0 Å². The highest BCUT2D eigenvalue weighted by Crippen LogP contribution is 2.27. The maximum Gasteiger partial charge on any atom is 0.143 e. The molecule has 0 aliphatic rings. The Balaban J connectivity index is 2.30. The highest BCUT2D eigenvalue weighted by molar-refractivity contribution is 9.10. The number of rotatable bonds is 3. The van der Waals surface area contributed by atoms with Crippen LogP contribution >= 0.6 is 15.9 Å². The summed E-state index contributed by atoms with van der Waals surface area (Å²) in [7, 11) is 0. The average Bonchev–Trinajstić information content (AvgIpc) is 2.76. The zero-order valence-electron chi connectivity index (χ0n) is 9.71. The second-order valence-corrected chi connectivity index (χ2v) is 4.92. The molecule has 1 atom stereocenters. The van der Waals surface area contributed by atoms with Crippen molar-refractivity contribution in [1.29, 1.82) is 0 Å². The molecule has 0 saturated heterocycles. The monoisotopic (exact) mass is 315 g/mol. The summed E-state index contributed by atoms with van der Waals surface area (Å²) in [5, 5.41) is 0. The molecule has 1 heterocycles. The molecular formula is C13H12BrF2NO. The van der Waals surface area contributed by atoms with Crippen LogP contribution in [0.1, 0.15) is 22.9 Å². The van der Waals surface area contributed by atoms with Crippen molar-refractivity contribution in [2.24, 2.45) is 5.73 Å². The third-order valence-corrected chi connectivity index (χ3v) is 3.47. The van der Waals surface area contributed by atoms with Crippen LogP contribution in [0.4, 0.5) is 8.78 Å². The number of hydrogen-bond acceptors (Lipinski definition) is 2. The van der Waals surface area contributed by atoms with Gasteiger partial charge >= 0.3 is 0 Å². The van der Waals surface area contributed by atoms with Crippen LogP contribution in [0.2, 0.25) is 0 Å². The first-order valence-corrected chi connectivity index (χ1v) is 6.22. The Kier molecular flexibility index (Phi) is 3.82. The Morgan fingerprint density at radius 1 is 1.33 bits per heavy atom. The Bertz CT molecular complexity index is 568. The molecule has 0 fully saturated rings. The van der Waals surface area contributed by atoms with E-state index in [1.54, 1.807) is 13.0 Å². The molecule has 0 aliphatic carbocycles. The van der Waals surface area contributed by atoms with E-state index >= 15 is 0 Å². The maximum atomic E-state index is 13.8. The van der Waals surface area contributed by atoms with Crippen LogP contribution in [0.3, 0.4) is 0 Å². The van der Waals surface area contributed by atoms with Crippen LogP contribution in [0, 0.1) is 18.6 Å². The van der Waals surface area contributed by atoms with Crippen LogP contribution in [-0.2, 0) is 6.42 Å². The Labute approximate surface area is 112 Å². The molecule has 18 heavy (non-hydrogen) atoms. The highest BCUT2D eigenvalue weighted by atomic mass is 79.9. The van der Waals surface area contributed by atoms with Crippen molar-refractivity contribution in [3.63, 3.8) is 0 Å². The highest BCUT2D eigenvalue weighted by Gasteiger charge is 2.18. The largest absolute Gasteiger partial charge is 0.469 e. The lowest BCUT2D eigenvalue weighted by molar-refractivity contribution is 0.514. The Hall–Kier alpha value is -1.20. The second kappa shape index (κ2) is 5.20. The van der Waals surface area contributed by atoms with Gasteiger partial charge in [0, 0.05) is 17.2 Å². The minimum Gasteiger partial charge on any atom is -0.469 e. The van der Waals surface area contributed by atoms with E-state index in [2.05, 4.69) is 15.9 Å². The maximum absolute atomic E-state index is 13.8.